The van der Waals surface area contributed by atoms with Gasteiger partial charge in [-0.3, -0.25) is 4.79 Å². The van der Waals surface area contributed by atoms with Gasteiger partial charge >= 0.3 is 0 Å². The highest BCUT2D eigenvalue weighted by atomic mass is 16.5. The van der Waals surface area contributed by atoms with E-state index in [1.807, 2.05) is 49.9 Å². The van der Waals surface area contributed by atoms with Crippen LogP contribution in [-0.4, -0.2) is 35.1 Å². The van der Waals surface area contributed by atoms with E-state index in [1.165, 1.54) is 0 Å². The summed E-state index contributed by atoms with van der Waals surface area (Å²) >= 11 is 0. The molecule has 4 nitrogen and oxygen atoms in total. The Morgan fingerprint density at radius 3 is 2.35 bits per heavy atom. The normalized spacial score (nSPS) is 21.1. The molecule has 110 valence electrons. The molecule has 1 aromatic carbocycles. The minimum atomic E-state index is -0.614. The Kier molecular flexibility index (Phi) is 4.04. The van der Waals surface area contributed by atoms with Crippen LogP contribution in [0.4, 0.5) is 0 Å². The quantitative estimate of drug-likeness (QED) is 0.923. The lowest BCUT2D eigenvalue weighted by Gasteiger charge is -2.32. The Morgan fingerprint density at radius 2 is 1.90 bits per heavy atom. The molecule has 1 aliphatic rings. The second-order valence-electron chi connectivity index (χ2n) is 6.36. The number of hydrogen-bond donors (Lipinski definition) is 1. The first-order chi connectivity index (χ1) is 9.32. The molecule has 2 unspecified atom stereocenters. The Morgan fingerprint density at radius 1 is 1.30 bits per heavy atom. The molecule has 1 saturated heterocycles. The first-order valence-corrected chi connectivity index (χ1v) is 6.95. The number of ether oxygens (including phenoxy) is 1. The molecular weight excluding hydrogens is 254 g/mol. The highest BCUT2D eigenvalue weighted by Gasteiger charge is 2.39. The molecule has 0 aromatic heterocycles. The van der Waals surface area contributed by atoms with E-state index in [0.29, 0.717) is 13.0 Å². The molecule has 2 rings (SSSR count). The minimum absolute atomic E-state index is 0.0462. The molecule has 0 radical (unpaired) electrons. The highest BCUT2D eigenvalue weighted by molar-refractivity contribution is 5.79. The molecule has 4 heteroatoms. The third-order valence-corrected chi connectivity index (χ3v) is 3.87. The molecule has 0 bridgehead atoms. The van der Waals surface area contributed by atoms with Crippen molar-refractivity contribution in [1.82, 2.24) is 4.90 Å². The first-order valence-electron chi connectivity index (χ1n) is 6.95. The van der Waals surface area contributed by atoms with Gasteiger partial charge in [-0.15, -0.1) is 0 Å². The van der Waals surface area contributed by atoms with Crippen molar-refractivity contribution in [2.45, 2.75) is 38.8 Å². The van der Waals surface area contributed by atoms with E-state index in [9.17, 15) is 9.90 Å². The fourth-order valence-electron chi connectivity index (χ4n) is 2.67. The van der Waals surface area contributed by atoms with Crippen LogP contribution in [0.25, 0.3) is 0 Å². The van der Waals surface area contributed by atoms with Crippen molar-refractivity contribution in [3.63, 3.8) is 0 Å². The number of likely N-dealkylation sites (tertiary alicyclic amines) is 1. The maximum absolute atomic E-state index is 12.1. The number of benzene rings is 1. The van der Waals surface area contributed by atoms with Gasteiger partial charge < -0.3 is 14.7 Å². The van der Waals surface area contributed by atoms with Gasteiger partial charge in [0.1, 0.15) is 5.75 Å². The lowest BCUT2D eigenvalue weighted by molar-refractivity contribution is -0.131. The van der Waals surface area contributed by atoms with Crippen LogP contribution < -0.4 is 4.74 Å². The Balaban J connectivity index is 2.10. The van der Waals surface area contributed by atoms with E-state index in [4.69, 9.17) is 4.74 Å². The summed E-state index contributed by atoms with van der Waals surface area (Å²) in [5.74, 6) is 0.838. The SMILES string of the molecule is COc1ccc(C(O)C2CC(=O)N(C(C)(C)C)C2)cc1. The van der Waals surface area contributed by atoms with Crippen LogP contribution in [0.15, 0.2) is 24.3 Å². The van der Waals surface area contributed by atoms with Crippen molar-refractivity contribution in [2.75, 3.05) is 13.7 Å². The minimum Gasteiger partial charge on any atom is -0.497 e. The monoisotopic (exact) mass is 277 g/mol. The summed E-state index contributed by atoms with van der Waals surface area (Å²) < 4.78 is 5.11. The largest absolute Gasteiger partial charge is 0.497 e. The van der Waals surface area contributed by atoms with Crippen LogP contribution in [0.3, 0.4) is 0 Å². The summed E-state index contributed by atoms with van der Waals surface area (Å²) in [5, 5.41) is 10.5. The van der Waals surface area contributed by atoms with Crippen molar-refractivity contribution < 1.29 is 14.6 Å². The van der Waals surface area contributed by atoms with Gasteiger partial charge in [0.2, 0.25) is 5.91 Å². The van der Waals surface area contributed by atoms with E-state index in [0.717, 1.165) is 11.3 Å². The number of amides is 1. The third-order valence-electron chi connectivity index (χ3n) is 3.87. The van der Waals surface area contributed by atoms with Crippen molar-refractivity contribution in [2.24, 2.45) is 5.92 Å². The zero-order chi connectivity index (χ0) is 14.9. The summed E-state index contributed by atoms with van der Waals surface area (Å²) in [5.41, 5.74) is 0.644. The van der Waals surface area contributed by atoms with Gasteiger partial charge in [0.25, 0.3) is 0 Å². The van der Waals surface area contributed by atoms with E-state index >= 15 is 0 Å². The molecule has 1 N–H and O–H groups in total. The van der Waals surface area contributed by atoms with Gasteiger partial charge in [-0.2, -0.15) is 0 Å². The molecule has 1 aliphatic heterocycles. The smallest absolute Gasteiger partial charge is 0.223 e. The predicted octanol–water partition coefficient (Wildman–Crippen LogP) is 2.38. The Labute approximate surface area is 120 Å². The summed E-state index contributed by atoms with van der Waals surface area (Å²) in [6.07, 6.45) is -0.206. The fourth-order valence-corrected chi connectivity index (χ4v) is 2.67. The number of hydrogen-bond acceptors (Lipinski definition) is 3. The number of nitrogens with zero attached hydrogens (tertiary/aromatic N) is 1. The average Bonchev–Trinajstić information content (AvgIpc) is 2.80. The number of aliphatic hydroxyl groups is 1. The fraction of sp³-hybridized carbons (Fsp3) is 0.562. The average molecular weight is 277 g/mol. The predicted molar refractivity (Wildman–Crippen MR) is 77.5 cm³/mol. The maximum Gasteiger partial charge on any atom is 0.223 e. The van der Waals surface area contributed by atoms with Gasteiger partial charge in [0.05, 0.1) is 13.2 Å². The van der Waals surface area contributed by atoms with Gasteiger partial charge in [0.15, 0.2) is 0 Å². The Bertz CT molecular complexity index is 475. The molecule has 2 atom stereocenters. The van der Waals surface area contributed by atoms with Crippen molar-refractivity contribution in [3.05, 3.63) is 29.8 Å². The van der Waals surface area contributed by atoms with Crippen LogP contribution in [0.1, 0.15) is 38.9 Å². The van der Waals surface area contributed by atoms with E-state index in [-0.39, 0.29) is 17.4 Å². The van der Waals surface area contributed by atoms with Gasteiger partial charge in [-0.1, -0.05) is 12.1 Å². The van der Waals surface area contributed by atoms with Crippen molar-refractivity contribution in [3.8, 4) is 5.75 Å². The number of aliphatic hydroxyl groups excluding tert-OH is 1. The molecule has 0 aliphatic carbocycles. The zero-order valence-electron chi connectivity index (χ0n) is 12.6. The molecule has 0 spiro atoms. The molecule has 20 heavy (non-hydrogen) atoms. The second kappa shape index (κ2) is 5.44. The highest BCUT2D eigenvalue weighted by Crippen LogP contribution is 2.34. The van der Waals surface area contributed by atoms with Crippen LogP contribution in [-0.2, 0) is 4.79 Å². The van der Waals surface area contributed by atoms with Gasteiger partial charge in [-0.05, 0) is 38.5 Å². The molecular formula is C16H23NO3. The maximum atomic E-state index is 12.1. The molecule has 1 aromatic rings. The van der Waals surface area contributed by atoms with Crippen molar-refractivity contribution in [1.29, 1.82) is 0 Å². The number of methoxy groups -OCH3 is 1. The van der Waals surface area contributed by atoms with E-state index in [1.54, 1.807) is 7.11 Å². The standard InChI is InChI=1S/C16H23NO3/c1-16(2,3)17-10-12(9-14(17)18)15(19)11-5-7-13(20-4)8-6-11/h5-8,12,15,19H,9-10H2,1-4H3. The van der Waals surface area contributed by atoms with Gasteiger partial charge in [-0.25, -0.2) is 0 Å². The van der Waals surface area contributed by atoms with Crippen LogP contribution >= 0.6 is 0 Å². The Hall–Kier alpha value is -1.55. The third kappa shape index (κ3) is 2.96. The second-order valence-corrected chi connectivity index (χ2v) is 6.36. The number of carbonyl (C=O) groups is 1. The topological polar surface area (TPSA) is 49.8 Å². The first kappa shape index (κ1) is 14.9. The van der Waals surface area contributed by atoms with Crippen molar-refractivity contribution >= 4 is 5.91 Å². The van der Waals surface area contributed by atoms with E-state index < -0.39 is 6.10 Å². The molecule has 0 saturated carbocycles. The summed E-state index contributed by atoms with van der Waals surface area (Å²) in [7, 11) is 1.61. The lowest BCUT2D eigenvalue weighted by Crippen LogP contribution is -2.42. The molecule has 1 fully saturated rings. The molecule has 1 amide bonds. The zero-order valence-corrected chi connectivity index (χ0v) is 12.6. The summed E-state index contributed by atoms with van der Waals surface area (Å²) in [6, 6.07) is 7.37. The van der Waals surface area contributed by atoms with Crippen LogP contribution in [0.5, 0.6) is 5.75 Å². The van der Waals surface area contributed by atoms with E-state index in [2.05, 4.69) is 0 Å². The summed E-state index contributed by atoms with van der Waals surface area (Å²) in [6.45, 7) is 6.67. The summed E-state index contributed by atoms with van der Waals surface area (Å²) in [4.78, 5) is 13.9. The van der Waals surface area contributed by atoms with Crippen LogP contribution in [0, 0.1) is 5.92 Å². The van der Waals surface area contributed by atoms with Gasteiger partial charge in [0, 0.05) is 24.4 Å². The molecule has 1 heterocycles. The number of carbonyl (C=O) groups excluding carboxylic acids is 1. The lowest BCUT2D eigenvalue weighted by atomic mass is 9.95. The van der Waals surface area contributed by atoms with Crippen LogP contribution in [0.2, 0.25) is 0 Å². The number of rotatable bonds is 3.